The lowest BCUT2D eigenvalue weighted by Crippen LogP contribution is -2.46. The Labute approximate surface area is 180 Å². The normalized spacial score (nSPS) is 12.0. The molecule has 2 N–H and O–H groups in total. The Morgan fingerprint density at radius 3 is 2.41 bits per heavy atom. The maximum atomic E-state index is 12.9. The molecule has 2 aromatic rings. The van der Waals surface area contributed by atoms with E-state index in [1.54, 1.807) is 46.1 Å². The van der Waals surface area contributed by atoms with Crippen molar-refractivity contribution in [2.24, 2.45) is 0 Å². The van der Waals surface area contributed by atoms with Gasteiger partial charge in [-0.25, -0.2) is 4.79 Å². The van der Waals surface area contributed by atoms with Gasteiger partial charge in [0.1, 0.15) is 17.4 Å². The second-order valence-electron chi connectivity index (χ2n) is 7.56. The van der Waals surface area contributed by atoms with Crippen LogP contribution in [0.25, 0.3) is 0 Å². The number of hydrogen-bond donors (Lipinski definition) is 2. The molecule has 0 fully saturated rings. The van der Waals surface area contributed by atoms with E-state index >= 15 is 0 Å². The van der Waals surface area contributed by atoms with Gasteiger partial charge in [-0.2, -0.15) is 0 Å². The van der Waals surface area contributed by atoms with E-state index < -0.39 is 17.7 Å². The standard InChI is InChI=1S/C22H27BrN2O4/c1-22(2,3)29-21(27)25-18(13-10-15-8-6-5-7-9-15)20(26)24-16-11-12-17(23)19(14-16)28-4/h5-9,11-12,14,18H,10,13H2,1-4H3,(H,24,26)(H,25,27)/t18-/m1/s1. The smallest absolute Gasteiger partial charge is 0.408 e. The maximum absolute atomic E-state index is 12.9. The molecule has 0 spiro atoms. The van der Waals surface area contributed by atoms with Gasteiger partial charge in [0.25, 0.3) is 0 Å². The summed E-state index contributed by atoms with van der Waals surface area (Å²) in [6.45, 7) is 5.33. The molecular weight excluding hydrogens is 436 g/mol. The number of halogens is 1. The number of rotatable bonds is 7. The number of carbonyl (C=O) groups is 2. The molecule has 0 heterocycles. The molecule has 0 aliphatic rings. The van der Waals surface area contributed by atoms with E-state index in [-0.39, 0.29) is 5.91 Å². The van der Waals surface area contributed by atoms with E-state index in [9.17, 15) is 9.59 Å². The molecule has 7 heteroatoms. The zero-order chi connectivity index (χ0) is 21.4. The van der Waals surface area contributed by atoms with Gasteiger partial charge in [-0.15, -0.1) is 0 Å². The van der Waals surface area contributed by atoms with Crippen molar-refractivity contribution in [3.05, 3.63) is 58.6 Å². The van der Waals surface area contributed by atoms with Crippen LogP contribution in [0.3, 0.4) is 0 Å². The highest BCUT2D eigenvalue weighted by atomic mass is 79.9. The van der Waals surface area contributed by atoms with E-state index in [1.165, 1.54) is 0 Å². The lowest BCUT2D eigenvalue weighted by Gasteiger charge is -2.23. The summed E-state index contributed by atoms with van der Waals surface area (Å²) in [6.07, 6.45) is 0.445. The molecule has 6 nitrogen and oxygen atoms in total. The SMILES string of the molecule is COc1cc(NC(=O)[C@@H](CCc2ccccc2)NC(=O)OC(C)(C)C)ccc1Br. The summed E-state index contributed by atoms with van der Waals surface area (Å²) < 4.78 is 11.4. The second-order valence-corrected chi connectivity index (χ2v) is 8.42. The minimum absolute atomic E-state index is 0.323. The molecule has 0 aromatic heterocycles. The number of nitrogens with one attached hydrogen (secondary N) is 2. The topological polar surface area (TPSA) is 76.7 Å². The maximum Gasteiger partial charge on any atom is 0.408 e. The van der Waals surface area contributed by atoms with Crippen molar-refractivity contribution in [2.75, 3.05) is 12.4 Å². The van der Waals surface area contributed by atoms with E-state index in [4.69, 9.17) is 9.47 Å². The Morgan fingerprint density at radius 2 is 1.79 bits per heavy atom. The van der Waals surface area contributed by atoms with Crippen LogP contribution < -0.4 is 15.4 Å². The summed E-state index contributed by atoms with van der Waals surface area (Å²) >= 11 is 3.39. The molecule has 0 aliphatic heterocycles. The van der Waals surface area contributed by atoms with E-state index in [0.29, 0.717) is 24.3 Å². The molecular formula is C22H27BrN2O4. The molecule has 0 radical (unpaired) electrons. The molecule has 0 aliphatic carbocycles. The molecule has 0 unspecified atom stereocenters. The molecule has 0 saturated heterocycles. The summed E-state index contributed by atoms with van der Waals surface area (Å²) in [4.78, 5) is 25.1. The van der Waals surface area contributed by atoms with Crippen LogP contribution in [-0.2, 0) is 16.0 Å². The Morgan fingerprint density at radius 1 is 1.10 bits per heavy atom. The lowest BCUT2D eigenvalue weighted by molar-refractivity contribution is -0.118. The first kappa shape index (κ1) is 22.7. The zero-order valence-electron chi connectivity index (χ0n) is 17.1. The van der Waals surface area contributed by atoms with Gasteiger partial charge in [-0.05, 0) is 67.2 Å². The fourth-order valence-electron chi connectivity index (χ4n) is 2.64. The first-order valence-electron chi connectivity index (χ1n) is 9.36. The van der Waals surface area contributed by atoms with Gasteiger partial charge in [-0.3, -0.25) is 4.79 Å². The van der Waals surface area contributed by atoms with Crippen molar-refractivity contribution in [3.63, 3.8) is 0 Å². The van der Waals surface area contributed by atoms with Crippen LogP contribution in [-0.4, -0.2) is 30.8 Å². The molecule has 2 rings (SSSR count). The number of methoxy groups -OCH3 is 1. The van der Waals surface area contributed by atoms with Crippen LogP contribution in [0.4, 0.5) is 10.5 Å². The molecule has 156 valence electrons. The van der Waals surface area contributed by atoms with Crippen molar-refractivity contribution in [1.29, 1.82) is 0 Å². The largest absolute Gasteiger partial charge is 0.495 e. The van der Waals surface area contributed by atoms with Gasteiger partial charge in [0.05, 0.1) is 11.6 Å². The molecule has 2 amide bonds. The van der Waals surface area contributed by atoms with Gasteiger partial charge >= 0.3 is 6.09 Å². The molecule has 1 atom stereocenters. The second kappa shape index (κ2) is 10.3. The van der Waals surface area contributed by atoms with Crippen molar-refractivity contribution < 1.29 is 19.1 Å². The number of carbonyl (C=O) groups excluding carboxylic acids is 2. The summed E-state index contributed by atoms with van der Waals surface area (Å²) in [5.74, 6) is 0.278. The fraction of sp³-hybridized carbons (Fsp3) is 0.364. The molecule has 29 heavy (non-hydrogen) atoms. The highest BCUT2D eigenvalue weighted by molar-refractivity contribution is 9.10. The number of hydrogen-bond acceptors (Lipinski definition) is 4. The van der Waals surface area contributed by atoms with Crippen LogP contribution in [0.15, 0.2) is 53.0 Å². The third-order valence-corrected chi connectivity index (χ3v) is 4.65. The Balaban J connectivity index is 2.11. The van der Waals surface area contributed by atoms with Crippen molar-refractivity contribution in [3.8, 4) is 5.75 Å². The molecule has 0 bridgehead atoms. The summed E-state index contributed by atoms with van der Waals surface area (Å²) in [5, 5.41) is 5.53. The highest BCUT2D eigenvalue weighted by Crippen LogP contribution is 2.28. The Bertz CT molecular complexity index is 834. The monoisotopic (exact) mass is 462 g/mol. The quantitative estimate of drug-likeness (QED) is 0.611. The average molecular weight is 463 g/mol. The van der Waals surface area contributed by atoms with Crippen LogP contribution in [0.2, 0.25) is 0 Å². The van der Waals surface area contributed by atoms with Gasteiger partial charge in [-0.1, -0.05) is 30.3 Å². The van der Waals surface area contributed by atoms with E-state index in [1.807, 2.05) is 30.3 Å². The number of ether oxygens (including phenoxy) is 2. The third-order valence-electron chi connectivity index (χ3n) is 3.99. The van der Waals surface area contributed by atoms with Crippen molar-refractivity contribution in [1.82, 2.24) is 5.32 Å². The summed E-state index contributed by atoms with van der Waals surface area (Å²) in [6, 6.07) is 14.3. The average Bonchev–Trinajstić information content (AvgIpc) is 2.66. The zero-order valence-corrected chi connectivity index (χ0v) is 18.7. The van der Waals surface area contributed by atoms with Gasteiger partial charge < -0.3 is 20.1 Å². The number of amides is 2. The third kappa shape index (κ3) is 7.77. The van der Waals surface area contributed by atoms with E-state index in [0.717, 1.165) is 10.0 Å². The van der Waals surface area contributed by atoms with E-state index in [2.05, 4.69) is 26.6 Å². The highest BCUT2D eigenvalue weighted by Gasteiger charge is 2.24. The predicted molar refractivity (Wildman–Crippen MR) is 117 cm³/mol. The molecule has 2 aromatic carbocycles. The summed E-state index contributed by atoms with van der Waals surface area (Å²) in [7, 11) is 1.55. The minimum atomic E-state index is -0.750. The number of alkyl carbamates (subject to hydrolysis) is 1. The van der Waals surface area contributed by atoms with Crippen LogP contribution in [0, 0.1) is 0 Å². The first-order chi connectivity index (χ1) is 13.7. The number of aryl methyl sites for hydroxylation is 1. The Kier molecular flexibility index (Phi) is 8.08. The lowest BCUT2D eigenvalue weighted by atomic mass is 10.0. The van der Waals surface area contributed by atoms with Crippen molar-refractivity contribution >= 4 is 33.6 Å². The number of anilines is 1. The Hall–Kier alpha value is -2.54. The van der Waals surface area contributed by atoms with Gasteiger partial charge in [0, 0.05) is 11.8 Å². The summed E-state index contributed by atoms with van der Waals surface area (Å²) in [5.41, 5.74) is 1.01. The number of benzene rings is 2. The van der Waals surface area contributed by atoms with Crippen LogP contribution in [0.5, 0.6) is 5.75 Å². The first-order valence-corrected chi connectivity index (χ1v) is 10.1. The predicted octanol–water partition coefficient (Wildman–Crippen LogP) is 4.92. The van der Waals surface area contributed by atoms with Gasteiger partial charge in [0.2, 0.25) is 5.91 Å². The molecule has 0 saturated carbocycles. The van der Waals surface area contributed by atoms with Gasteiger partial charge in [0.15, 0.2) is 0 Å². The minimum Gasteiger partial charge on any atom is -0.495 e. The van der Waals surface area contributed by atoms with Crippen LogP contribution >= 0.6 is 15.9 Å². The fourth-order valence-corrected chi connectivity index (χ4v) is 3.05. The van der Waals surface area contributed by atoms with Crippen LogP contribution in [0.1, 0.15) is 32.8 Å². The van der Waals surface area contributed by atoms with Crippen molar-refractivity contribution in [2.45, 2.75) is 45.3 Å².